The molecule has 1 heterocycles. The minimum absolute atomic E-state index is 0.502. The van der Waals surface area contributed by atoms with Crippen molar-refractivity contribution in [3.05, 3.63) is 25.0 Å². The van der Waals surface area contributed by atoms with Crippen molar-refractivity contribution in [2.24, 2.45) is 0 Å². The molecular weight excluding hydrogens is 142 g/mol. The number of H-pyrrole nitrogens is 1. The molecule has 1 radical (unpaired) electrons. The van der Waals surface area contributed by atoms with Crippen LogP contribution in [0, 0.1) is 7.05 Å². The zero-order valence-electron chi connectivity index (χ0n) is 6.49. The molecule has 1 aromatic rings. The Morgan fingerprint density at radius 3 is 3.09 bits per heavy atom. The second-order valence-electron chi connectivity index (χ2n) is 2.57. The molecule has 0 amide bonds. The van der Waals surface area contributed by atoms with Gasteiger partial charge in [0.25, 0.3) is 0 Å². The first-order valence-corrected chi connectivity index (χ1v) is 3.39. The Bertz CT molecular complexity index is 195. The quantitative estimate of drug-likeness (QED) is 0.652. The molecule has 2 N–H and O–H groups in total. The van der Waals surface area contributed by atoms with Crippen molar-refractivity contribution in [1.29, 1.82) is 0 Å². The second kappa shape index (κ2) is 3.50. The standard InChI is InChI=1S/C7H12N3O/c1-10(2)5-7(11)6-3-4-8-9-6/h3-4,7,11H,1,5H2,2H3,(H,8,9). The molecule has 4 nitrogen and oxygen atoms in total. The van der Waals surface area contributed by atoms with E-state index < -0.39 is 6.10 Å². The number of aliphatic hydroxyl groups is 1. The van der Waals surface area contributed by atoms with E-state index >= 15 is 0 Å². The first-order valence-electron chi connectivity index (χ1n) is 3.39. The summed E-state index contributed by atoms with van der Waals surface area (Å²) >= 11 is 0. The second-order valence-corrected chi connectivity index (χ2v) is 2.57. The van der Waals surface area contributed by atoms with Crippen LogP contribution in [0.15, 0.2) is 12.3 Å². The van der Waals surface area contributed by atoms with Gasteiger partial charge in [0.1, 0.15) is 6.10 Å². The van der Waals surface area contributed by atoms with Crippen molar-refractivity contribution in [2.75, 3.05) is 13.6 Å². The SMILES string of the molecule is [CH2]N(C)CC(O)c1ccn[nH]1. The van der Waals surface area contributed by atoms with Gasteiger partial charge in [-0.05, 0) is 13.1 Å². The number of hydrogen-bond acceptors (Lipinski definition) is 3. The number of nitrogens with zero attached hydrogens (tertiary/aromatic N) is 2. The van der Waals surface area contributed by atoms with Crippen LogP contribution >= 0.6 is 0 Å². The van der Waals surface area contributed by atoms with Gasteiger partial charge >= 0.3 is 0 Å². The smallest absolute Gasteiger partial charge is 0.108 e. The lowest BCUT2D eigenvalue weighted by molar-refractivity contribution is 0.140. The molecule has 0 aromatic carbocycles. The van der Waals surface area contributed by atoms with E-state index in [1.165, 1.54) is 0 Å². The fourth-order valence-electron chi connectivity index (χ4n) is 0.846. The van der Waals surface area contributed by atoms with E-state index in [0.29, 0.717) is 6.54 Å². The van der Waals surface area contributed by atoms with Crippen LogP contribution in [0.2, 0.25) is 0 Å². The number of aliphatic hydroxyl groups excluding tert-OH is 1. The highest BCUT2D eigenvalue weighted by molar-refractivity contribution is 5.01. The largest absolute Gasteiger partial charge is 0.385 e. The Labute approximate surface area is 65.8 Å². The monoisotopic (exact) mass is 154 g/mol. The number of likely N-dealkylation sites (N-methyl/N-ethyl adjacent to an activating group) is 1. The Morgan fingerprint density at radius 2 is 2.64 bits per heavy atom. The summed E-state index contributed by atoms with van der Waals surface area (Å²) in [5.41, 5.74) is 0.723. The van der Waals surface area contributed by atoms with Crippen LogP contribution in [0.25, 0.3) is 0 Å². The fourth-order valence-corrected chi connectivity index (χ4v) is 0.846. The highest BCUT2D eigenvalue weighted by Crippen LogP contribution is 2.08. The van der Waals surface area contributed by atoms with Crippen LogP contribution in [0.1, 0.15) is 11.8 Å². The molecule has 1 unspecified atom stereocenters. The summed E-state index contributed by atoms with van der Waals surface area (Å²) in [7, 11) is 5.43. The molecule has 0 aliphatic carbocycles. The zero-order chi connectivity index (χ0) is 8.27. The molecule has 0 fully saturated rings. The van der Waals surface area contributed by atoms with Crippen molar-refractivity contribution in [1.82, 2.24) is 15.1 Å². The van der Waals surface area contributed by atoms with Crippen molar-refractivity contribution in [3.8, 4) is 0 Å². The lowest BCUT2D eigenvalue weighted by Crippen LogP contribution is -2.18. The number of aromatic nitrogens is 2. The van der Waals surface area contributed by atoms with Crippen molar-refractivity contribution >= 4 is 0 Å². The van der Waals surface area contributed by atoms with E-state index in [2.05, 4.69) is 17.2 Å². The minimum atomic E-state index is -0.528. The predicted octanol–water partition coefficient (Wildman–Crippen LogP) is 0.166. The van der Waals surface area contributed by atoms with Gasteiger partial charge in [-0.2, -0.15) is 5.10 Å². The molecule has 4 heteroatoms. The van der Waals surface area contributed by atoms with Crippen LogP contribution < -0.4 is 0 Å². The minimum Gasteiger partial charge on any atom is -0.385 e. The first-order chi connectivity index (χ1) is 5.20. The molecule has 1 aromatic heterocycles. The summed E-state index contributed by atoms with van der Waals surface area (Å²) in [4.78, 5) is 1.67. The van der Waals surface area contributed by atoms with Gasteiger partial charge < -0.3 is 10.0 Å². The van der Waals surface area contributed by atoms with Gasteiger partial charge in [0.15, 0.2) is 0 Å². The summed E-state index contributed by atoms with van der Waals surface area (Å²) in [6.45, 7) is 0.502. The number of hydrogen-bond donors (Lipinski definition) is 2. The average Bonchev–Trinajstić information content (AvgIpc) is 2.35. The van der Waals surface area contributed by atoms with Gasteiger partial charge in [0, 0.05) is 19.8 Å². The molecule has 0 spiro atoms. The Morgan fingerprint density at radius 1 is 1.91 bits per heavy atom. The summed E-state index contributed by atoms with van der Waals surface area (Å²) in [5.74, 6) is 0. The molecule has 1 rings (SSSR count). The Kier molecular flexibility index (Phi) is 2.62. The molecule has 61 valence electrons. The number of nitrogens with one attached hydrogen (secondary N) is 1. The summed E-state index contributed by atoms with van der Waals surface area (Å²) in [6, 6.07) is 1.74. The van der Waals surface area contributed by atoms with E-state index in [0.717, 1.165) is 5.69 Å². The molecule has 1 atom stereocenters. The molecular formula is C7H12N3O. The van der Waals surface area contributed by atoms with Gasteiger partial charge in [-0.15, -0.1) is 0 Å². The third kappa shape index (κ3) is 2.32. The van der Waals surface area contributed by atoms with E-state index in [4.69, 9.17) is 0 Å². The molecule has 0 aliphatic rings. The van der Waals surface area contributed by atoms with E-state index in [1.807, 2.05) is 0 Å². The van der Waals surface area contributed by atoms with Gasteiger partial charge in [-0.3, -0.25) is 5.10 Å². The van der Waals surface area contributed by atoms with Crippen molar-refractivity contribution < 1.29 is 5.11 Å². The van der Waals surface area contributed by atoms with E-state index in [1.54, 1.807) is 24.2 Å². The molecule has 0 saturated carbocycles. The van der Waals surface area contributed by atoms with Gasteiger partial charge in [-0.25, -0.2) is 0 Å². The van der Waals surface area contributed by atoms with Crippen LogP contribution in [-0.4, -0.2) is 33.8 Å². The third-order valence-corrected chi connectivity index (χ3v) is 1.37. The van der Waals surface area contributed by atoms with Crippen LogP contribution in [0.5, 0.6) is 0 Å². The Balaban J connectivity index is 2.49. The van der Waals surface area contributed by atoms with Crippen LogP contribution in [0.4, 0.5) is 0 Å². The van der Waals surface area contributed by atoms with Gasteiger partial charge in [0.05, 0.1) is 5.69 Å². The molecule has 0 bridgehead atoms. The predicted molar refractivity (Wildman–Crippen MR) is 41.5 cm³/mol. The maximum atomic E-state index is 9.43. The first kappa shape index (κ1) is 8.23. The number of rotatable bonds is 3. The van der Waals surface area contributed by atoms with Gasteiger partial charge in [-0.1, -0.05) is 0 Å². The maximum absolute atomic E-state index is 9.43. The molecule has 11 heavy (non-hydrogen) atoms. The highest BCUT2D eigenvalue weighted by atomic mass is 16.3. The Hall–Kier alpha value is -0.870. The fraction of sp³-hybridized carbons (Fsp3) is 0.429. The summed E-state index contributed by atoms with van der Waals surface area (Å²) in [5, 5.41) is 15.8. The normalized spacial score (nSPS) is 13.8. The van der Waals surface area contributed by atoms with Crippen molar-refractivity contribution in [2.45, 2.75) is 6.10 Å². The van der Waals surface area contributed by atoms with Crippen LogP contribution in [-0.2, 0) is 0 Å². The van der Waals surface area contributed by atoms with Gasteiger partial charge in [0.2, 0.25) is 0 Å². The maximum Gasteiger partial charge on any atom is 0.108 e. The lowest BCUT2D eigenvalue weighted by Gasteiger charge is -2.13. The highest BCUT2D eigenvalue weighted by Gasteiger charge is 2.08. The van der Waals surface area contributed by atoms with E-state index in [-0.39, 0.29) is 0 Å². The zero-order valence-corrected chi connectivity index (χ0v) is 6.49. The summed E-state index contributed by atoms with van der Waals surface area (Å²) in [6.07, 6.45) is 1.08. The third-order valence-electron chi connectivity index (χ3n) is 1.37. The number of aromatic amines is 1. The van der Waals surface area contributed by atoms with Crippen LogP contribution in [0.3, 0.4) is 0 Å². The van der Waals surface area contributed by atoms with Crippen molar-refractivity contribution in [3.63, 3.8) is 0 Å². The average molecular weight is 154 g/mol. The molecule has 0 aliphatic heterocycles. The van der Waals surface area contributed by atoms with E-state index in [9.17, 15) is 5.11 Å². The lowest BCUT2D eigenvalue weighted by atomic mass is 10.2. The topological polar surface area (TPSA) is 52.1 Å². The molecule has 0 saturated heterocycles. The summed E-state index contributed by atoms with van der Waals surface area (Å²) < 4.78 is 0.